The number of hydrogen-bond donors (Lipinski definition) is 1. The molecule has 0 fully saturated rings. The van der Waals surface area contributed by atoms with Gasteiger partial charge < -0.3 is 15.0 Å². The molecule has 1 aromatic rings. The van der Waals surface area contributed by atoms with E-state index >= 15 is 0 Å². The van der Waals surface area contributed by atoms with Crippen molar-refractivity contribution in [2.24, 2.45) is 0 Å². The van der Waals surface area contributed by atoms with Crippen LogP contribution in [0.25, 0.3) is 0 Å². The normalized spacial score (nSPS) is 13.6. The highest BCUT2D eigenvalue weighted by Gasteiger charge is 2.33. The van der Waals surface area contributed by atoms with Crippen LogP contribution in [0.4, 0.5) is 5.69 Å². The zero-order valence-electron chi connectivity index (χ0n) is 13.0. The third kappa shape index (κ3) is 4.23. The number of anilines is 1. The first-order valence-electron chi connectivity index (χ1n) is 7.20. The van der Waals surface area contributed by atoms with E-state index in [4.69, 9.17) is 4.74 Å². The molecule has 112 valence electrons. The smallest absolute Gasteiger partial charge is 0.325 e. The molecule has 4 nitrogen and oxygen atoms in total. The summed E-state index contributed by atoms with van der Waals surface area (Å²) in [6.45, 7) is 8.47. The van der Waals surface area contributed by atoms with Crippen molar-refractivity contribution in [3.05, 3.63) is 30.3 Å². The van der Waals surface area contributed by atoms with E-state index in [9.17, 15) is 4.79 Å². The summed E-state index contributed by atoms with van der Waals surface area (Å²) in [4.78, 5) is 14.2. The number of carbonyl (C=O) groups excluding carboxylic acids is 1. The van der Waals surface area contributed by atoms with Crippen LogP contribution < -0.4 is 10.2 Å². The number of benzene rings is 1. The van der Waals surface area contributed by atoms with Crippen molar-refractivity contribution >= 4 is 11.7 Å². The summed E-state index contributed by atoms with van der Waals surface area (Å²) in [7, 11) is 1.44. The molecule has 1 atom stereocenters. The van der Waals surface area contributed by atoms with Gasteiger partial charge in [-0.05, 0) is 38.9 Å². The highest BCUT2D eigenvalue weighted by Crippen LogP contribution is 2.18. The highest BCUT2D eigenvalue weighted by molar-refractivity contribution is 5.80. The molecule has 0 spiro atoms. The Morgan fingerprint density at radius 3 is 2.45 bits per heavy atom. The van der Waals surface area contributed by atoms with Crippen LogP contribution in [0.3, 0.4) is 0 Å². The number of nitrogens with zero attached hydrogens (tertiary/aromatic N) is 1. The predicted octanol–water partition coefficient (Wildman–Crippen LogP) is 2.44. The van der Waals surface area contributed by atoms with Crippen LogP contribution in [0, 0.1) is 0 Å². The second-order valence-electron chi connectivity index (χ2n) is 5.02. The van der Waals surface area contributed by atoms with Gasteiger partial charge in [-0.1, -0.05) is 25.1 Å². The van der Waals surface area contributed by atoms with Crippen molar-refractivity contribution in [1.29, 1.82) is 0 Å². The molecule has 0 bridgehead atoms. The average molecular weight is 278 g/mol. The van der Waals surface area contributed by atoms with Crippen LogP contribution in [0.2, 0.25) is 0 Å². The van der Waals surface area contributed by atoms with Gasteiger partial charge in [0.15, 0.2) is 0 Å². The zero-order chi connectivity index (χ0) is 15.0. The van der Waals surface area contributed by atoms with E-state index in [1.165, 1.54) is 12.8 Å². The molecular formula is C16H26N2O2. The number of likely N-dealkylation sites (N-methyl/N-ethyl adjacent to an activating group) is 1. The summed E-state index contributed by atoms with van der Waals surface area (Å²) in [5.41, 5.74) is 0.546. The highest BCUT2D eigenvalue weighted by atomic mass is 16.5. The summed E-state index contributed by atoms with van der Waals surface area (Å²) in [6, 6.07) is 10.2. The predicted molar refractivity (Wildman–Crippen MR) is 83.0 cm³/mol. The standard InChI is InChI=1S/C16H26N2O2/c1-5-17-16(3,15(19)20-4)12-13-18(6-2)14-10-8-7-9-11-14/h7-11,17H,5-6,12-13H2,1-4H3. The number of methoxy groups -OCH3 is 1. The molecule has 1 rings (SSSR count). The third-order valence-electron chi connectivity index (χ3n) is 3.59. The van der Waals surface area contributed by atoms with Gasteiger partial charge in [-0.3, -0.25) is 4.79 Å². The van der Waals surface area contributed by atoms with Gasteiger partial charge in [-0.15, -0.1) is 0 Å². The molecule has 0 saturated carbocycles. The van der Waals surface area contributed by atoms with E-state index in [0.29, 0.717) is 6.42 Å². The maximum absolute atomic E-state index is 12.0. The molecule has 0 radical (unpaired) electrons. The van der Waals surface area contributed by atoms with Crippen LogP contribution in [-0.2, 0) is 9.53 Å². The Balaban J connectivity index is 2.73. The number of esters is 1. The summed E-state index contributed by atoms with van der Waals surface area (Å²) >= 11 is 0. The van der Waals surface area contributed by atoms with E-state index in [0.717, 1.165) is 19.6 Å². The SMILES string of the molecule is CCNC(C)(CCN(CC)c1ccccc1)C(=O)OC. The van der Waals surface area contributed by atoms with Crippen molar-refractivity contribution in [1.82, 2.24) is 5.32 Å². The Morgan fingerprint density at radius 1 is 1.30 bits per heavy atom. The summed E-state index contributed by atoms with van der Waals surface area (Å²) < 4.78 is 4.92. The fourth-order valence-corrected chi connectivity index (χ4v) is 2.35. The van der Waals surface area contributed by atoms with E-state index in [1.54, 1.807) is 0 Å². The van der Waals surface area contributed by atoms with E-state index in [-0.39, 0.29) is 5.97 Å². The Bertz CT molecular complexity index is 408. The molecule has 4 heteroatoms. The second kappa shape index (κ2) is 7.90. The summed E-state index contributed by atoms with van der Waals surface area (Å²) in [5, 5.41) is 3.24. The van der Waals surface area contributed by atoms with Crippen molar-refractivity contribution in [2.45, 2.75) is 32.7 Å². The van der Waals surface area contributed by atoms with Gasteiger partial charge >= 0.3 is 5.97 Å². The molecule has 0 amide bonds. The van der Waals surface area contributed by atoms with Crippen LogP contribution in [-0.4, -0.2) is 38.3 Å². The quantitative estimate of drug-likeness (QED) is 0.742. The lowest BCUT2D eigenvalue weighted by molar-refractivity contribution is -0.148. The first-order valence-corrected chi connectivity index (χ1v) is 7.20. The second-order valence-corrected chi connectivity index (χ2v) is 5.02. The third-order valence-corrected chi connectivity index (χ3v) is 3.59. The van der Waals surface area contributed by atoms with E-state index < -0.39 is 5.54 Å². The molecule has 0 aliphatic heterocycles. The Kier molecular flexibility index (Phi) is 6.52. The zero-order valence-corrected chi connectivity index (χ0v) is 13.0. The fourth-order valence-electron chi connectivity index (χ4n) is 2.35. The fraction of sp³-hybridized carbons (Fsp3) is 0.562. The van der Waals surface area contributed by atoms with Crippen molar-refractivity contribution in [3.63, 3.8) is 0 Å². The minimum absolute atomic E-state index is 0.205. The first-order chi connectivity index (χ1) is 9.57. The first kappa shape index (κ1) is 16.5. The summed E-state index contributed by atoms with van der Waals surface area (Å²) in [6.07, 6.45) is 0.705. The lowest BCUT2D eigenvalue weighted by Crippen LogP contribution is -2.52. The maximum atomic E-state index is 12.0. The van der Waals surface area contributed by atoms with Crippen LogP contribution in [0.5, 0.6) is 0 Å². The molecule has 1 unspecified atom stereocenters. The Hall–Kier alpha value is -1.55. The van der Waals surface area contributed by atoms with Crippen LogP contribution >= 0.6 is 0 Å². The van der Waals surface area contributed by atoms with Gasteiger partial charge in [0.25, 0.3) is 0 Å². The molecule has 0 heterocycles. The van der Waals surface area contributed by atoms with Gasteiger partial charge in [0, 0.05) is 18.8 Å². The lowest BCUT2D eigenvalue weighted by Gasteiger charge is -2.31. The number of ether oxygens (including phenoxy) is 1. The van der Waals surface area contributed by atoms with E-state index in [2.05, 4.69) is 29.3 Å². The molecule has 0 saturated heterocycles. The number of rotatable bonds is 8. The Labute approximate surface area is 122 Å². The van der Waals surface area contributed by atoms with Gasteiger partial charge in [-0.2, -0.15) is 0 Å². The molecule has 0 aromatic heterocycles. The molecule has 0 aliphatic carbocycles. The van der Waals surface area contributed by atoms with Gasteiger partial charge in [-0.25, -0.2) is 0 Å². The number of nitrogens with one attached hydrogen (secondary N) is 1. The average Bonchev–Trinajstić information content (AvgIpc) is 2.48. The van der Waals surface area contributed by atoms with Crippen LogP contribution in [0.1, 0.15) is 27.2 Å². The Morgan fingerprint density at radius 2 is 1.95 bits per heavy atom. The molecule has 1 aromatic carbocycles. The van der Waals surface area contributed by atoms with Crippen molar-refractivity contribution < 1.29 is 9.53 Å². The maximum Gasteiger partial charge on any atom is 0.325 e. The molecule has 1 N–H and O–H groups in total. The van der Waals surface area contributed by atoms with Crippen LogP contribution in [0.15, 0.2) is 30.3 Å². The van der Waals surface area contributed by atoms with Crippen molar-refractivity contribution in [2.75, 3.05) is 31.6 Å². The monoisotopic (exact) mass is 278 g/mol. The lowest BCUT2D eigenvalue weighted by atomic mass is 9.97. The molecular weight excluding hydrogens is 252 g/mol. The minimum atomic E-state index is -0.633. The summed E-state index contributed by atoms with van der Waals surface area (Å²) in [5.74, 6) is -0.205. The topological polar surface area (TPSA) is 41.6 Å². The van der Waals surface area contributed by atoms with E-state index in [1.807, 2.05) is 32.0 Å². The minimum Gasteiger partial charge on any atom is -0.468 e. The van der Waals surface area contributed by atoms with Gasteiger partial charge in [0.2, 0.25) is 0 Å². The largest absolute Gasteiger partial charge is 0.468 e. The number of para-hydroxylation sites is 1. The number of carbonyl (C=O) groups is 1. The van der Waals surface area contributed by atoms with Gasteiger partial charge in [0.05, 0.1) is 7.11 Å². The van der Waals surface area contributed by atoms with Crippen molar-refractivity contribution in [3.8, 4) is 0 Å². The number of hydrogen-bond acceptors (Lipinski definition) is 4. The molecule has 20 heavy (non-hydrogen) atoms. The van der Waals surface area contributed by atoms with Gasteiger partial charge in [0.1, 0.15) is 5.54 Å². The molecule has 0 aliphatic rings.